The van der Waals surface area contributed by atoms with Crippen LogP contribution in [0.1, 0.15) is 10.4 Å². The Kier molecular flexibility index (Phi) is 6.79. The van der Waals surface area contributed by atoms with E-state index in [1.807, 2.05) is 0 Å². The zero-order chi connectivity index (χ0) is 24.4. The fraction of sp³-hybridized carbons (Fsp3) is 0.0417. The van der Waals surface area contributed by atoms with Crippen LogP contribution in [0.2, 0.25) is 10.0 Å². The standard InChI is InChI=1S/C24H16Cl3N3O4/c1-34-19-11-6-15(26)12-18(19)30-23(32)20(27)21(24(30)33)28-16-7-2-13(3-8-16)22(31)29-17-9-4-14(25)5-10-17/h2-12,28H,1H3,(H,29,31). The Hall–Kier alpha value is -3.52. The summed E-state index contributed by atoms with van der Waals surface area (Å²) in [6.07, 6.45) is 0. The first kappa shape index (κ1) is 23.6. The number of hydrogen-bond acceptors (Lipinski definition) is 5. The Morgan fingerprint density at radius 1 is 0.824 bits per heavy atom. The Labute approximate surface area is 209 Å². The largest absolute Gasteiger partial charge is 0.495 e. The highest BCUT2D eigenvalue weighted by atomic mass is 35.5. The van der Waals surface area contributed by atoms with E-state index in [2.05, 4.69) is 10.6 Å². The molecule has 10 heteroatoms. The topological polar surface area (TPSA) is 87.7 Å². The molecule has 1 aliphatic heterocycles. The third kappa shape index (κ3) is 4.72. The smallest absolute Gasteiger partial charge is 0.283 e. The van der Waals surface area contributed by atoms with Crippen molar-refractivity contribution in [3.05, 3.63) is 93.1 Å². The number of benzene rings is 3. The number of halogens is 3. The van der Waals surface area contributed by atoms with Crippen LogP contribution >= 0.6 is 34.8 Å². The molecule has 3 aromatic rings. The summed E-state index contributed by atoms with van der Waals surface area (Å²) in [7, 11) is 1.41. The predicted molar refractivity (Wildman–Crippen MR) is 133 cm³/mol. The molecule has 1 heterocycles. The number of nitrogens with one attached hydrogen (secondary N) is 2. The molecule has 34 heavy (non-hydrogen) atoms. The molecule has 0 unspecified atom stereocenters. The summed E-state index contributed by atoms with van der Waals surface area (Å²) in [6, 6.07) is 17.6. The molecule has 0 radical (unpaired) electrons. The summed E-state index contributed by atoms with van der Waals surface area (Å²) >= 11 is 18.1. The molecule has 0 bridgehead atoms. The molecule has 2 N–H and O–H groups in total. The number of carbonyl (C=O) groups excluding carboxylic acids is 3. The zero-order valence-corrected chi connectivity index (χ0v) is 19.8. The van der Waals surface area contributed by atoms with Crippen molar-refractivity contribution in [1.29, 1.82) is 0 Å². The van der Waals surface area contributed by atoms with E-state index in [-0.39, 0.29) is 28.1 Å². The molecular weight excluding hydrogens is 501 g/mol. The van der Waals surface area contributed by atoms with Gasteiger partial charge in [-0.15, -0.1) is 0 Å². The summed E-state index contributed by atoms with van der Waals surface area (Å²) in [4.78, 5) is 39.1. The van der Waals surface area contributed by atoms with E-state index in [9.17, 15) is 14.4 Å². The van der Waals surface area contributed by atoms with Gasteiger partial charge in [0.2, 0.25) is 0 Å². The molecule has 3 aromatic carbocycles. The number of rotatable bonds is 6. The Balaban J connectivity index is 1.51. The van der Waals surface area contributed by atoms with E-state index in [0.717, 1.165) is 4.90 Å². The van der Waals surface area contributed by atoms with E-state index in [0.29, 0.717) is 27.0 Å². The molecule has 0 fully saturated rings. The lowest BCUT2D eigenvalue weighted by molar-refractivity contribution is -0.120. The first-order chi connectivity index (χ1) is 16.3. The second-order valence-corrected chi connectivity index (χ2v) is 8.37. The number of hydrogen-bond donors (Lipinski definition) is 2. The van der Waals surface area contributed by atoms with Crippen molar-refractivity contribution < 1.29 is 19.1 Å². The van der Waals surface area contributed by atoms with E-state index < -0.39 is 11.8 Å². The maximum atomic E-state index is 13.0. The van der Waals surface area contributed by atoms with Gasteiger partial charge in [-0.05, 0) is 66.7 Å². The van der Waals surface area contributed by atoms with Crippen molar-refractivity contribution >= 4 is 69.6 Å². The van der Waals surface area contributed by atoms with E-state index in [1.54, 1.807) is 60.7 Å². The van der Waals surface area contributed by atoms with Crippen molar-refractivity contribution in [2.45, 2.75) is 0 Å². The number of carbonyl (C=O) groups is 3. The van der Waals surface area contributed by atoms with Crippen molar-refractivity contribution in [2.24, 2.45) is 0 Å². The first-order valence-electron chi connectivity index (χ1n) is 9.84. The first-order valence-corrected chi connectivity index (χ1v) is 11.0. The number of anilines is 3. The van der Waals surface area contributed by atoms with E-state index in [4.69, 9.17) is 39.5 Å². The van der Waals surface area contributed by atoms with Crippen LogP contribution in [0.25, 0.3) is 0 Å². The van der Waals surface area contributed by atoms with Crippen LogP contribution in [0.15, 0.2) is 77.5 Å². The number of ether oxygens (including phenoxy) is 1. The molecule has 3 amide bonds. The Morgan fingerprint density at radius 3 is 2.09 bits per heavy atom. The summed E-state index contributed by atoms with van der Waals surface area (Å²) in [5.41, 5.74) is 1.51. The van der Waals surface area contributed by atoms with E-state index in [1.165, 1.54) is 13.2 Å². The van der Waals surface area contributed by atoms with Crippen LogP contribution in [-0.4, -0.2) is 24.8 Å². The molecule has 1 aliphatic rings. The number of methoxy groups -OCH3 is 1. The Morgan fingerprint density at radius 2 is 1.44 bits per heavy atom. The monoisotopic (exact) mass is 515 g/mol. The SMILES string of the molecule is COc1ccc(Cl)cc1N1C(=O)C(Cl)=C(Nc2ccc(C(=O)Nc3ccc(Cl)cc3)cc2)C1=O. The van der Waals surface area contributed by atoms with Gasteiger partial charge in [-0.1, -0.05) is 34.8 Å². The molecule has 0 aliphatic carbocycles. The second kappa shape index (κ2) is 9.77. The van der Waals surface area contributed by atoms with Crippen molar-refractivity contribution in [1.82, 2.24) is 0 Å². The van der Waals surface area contributed by atoms with Gasteiger partial charge < -0.3 is 15.4 Å². The van der Waals surface area contributed by atoms with Gasteiger partial charge in [0.05, 0.1) is 12.8 Å². The number of imide groups is 1. The summed E-state index contributed by atoms with van der Waals surface area (Å²) in [6.45, 7) is 0. The molecule has 0 saturated heterocycles. The van der Waals surface area contributed by atoms with Crippen LogP contribution in [-0.2, 0) is 9.59 Å². The lowest BCUT2D eigenvalue weighted by atomic mass is 10.2. The lowest BCUT2D eigenvalue weighted by Crippen LogP contribution is -2.32. The van der Waals surface area contributed by atoms with Crippen LogP contribution in [0.5, 0.6) is 5.75 Å². The minimum Gasteiger partial charge on any atom is -0.495 e. The van der Waals surface area contributed by atoms with Crippen LogP contribution in [0, 0.1) is 0 Å². The van der Waals surface area contributed by atoms with Gasteiger partial charge in [0.25, 0.3) is 17.7 Å². The minimum atomic E-state index is -0.714. The van der Waals surface area contributed by atoms with Gasteiger partial charge in [-0.25, -0.2) is 4.90 Å². The highest BCUT2D eigenvalue weighted by Gasteiger charge is 2.40. The Bertz CT molecular complexity index is 1320. The normalized spacial score (nSPS) is 13.4. The van der Waals surface area contributed by atoms with Gasteiger partial charge in [-0.2, -0.15) is 0 Å². The van der Waals surface area contributed by atoms with Crippen molar-refractivity contribution in [3.8, 4) is 5.75 Å². The quantitative estimate of drug-likeness (QED) is 0.411. The number of amides is 3. The molecule has 172 valence electrons. The van der Waals surface area contributed by atoms with Gasteiger partial charge in [-0.3, -0.25) is 14.4 Å². The highest BCUT2D eigenvalue weighted by molar-refractivity contribution is 6.53. The van der Waals surface area contributed by atoms with Crippen LogP contribution in [0.3, 0.4) is 0 Å². The van der Waals surface area contributed by atoms with Crippen molar-refractivity contribution in [2.75, 3.05) is 22.6 Å². The molecule has 4 rings (SSSR count). The molecular formula is C24H16Cl3N3O4. The lowest BCUT2D eigenvalue weighted by Gasteiger charge is -2.18. The third-order valence-electron chi connectivity index (χ3n) is 4.93. The zero-order valence-electron chi connectivity index (χ0n) is 17.6. The third-order valence-corrected chi connectivity index (χ3v) is 5.77. The fourth-order valence-electron chi connectivity index (χ4n) is 3.25. The minimum absolute atomic E-state index is 0.105. The average Bonchev–Trinajstić information content (AvgIpc) is 3.04. The molecule has 0 saturated carbocycles. The average molecular weight is 517 g/mol. The maximum Gasteiger partial charge on any atom is 0.283 e. The van der Waals surface area contributed by atoms with Gasteiger partial charge in [0, 0.05) is 27.0 Å². The van der Waals surface area contributed by atoms with Gasteiger partial charge in [0.1, 0.15) is 16.5 Å². The summed E-state index contributed by atoms with van der Waals surface area (Å²) in [5.74, 6) is -1.42. The molecule has 0 spiro atoms. The van der Waals surface area contributed by atoms with Crippen LogP contribution in [0.4, 0.5) is 17.1 Å². The molecule has 7 nitrogen and oxygen atoms in total. The predicted octanol–water partition coefficient (Wildman–Crippen LogP) is 5.69. The summed E-state index contributed by atoms with van der Waals surface area (Å²) in [5, 5.41) is 6.22. The van der Waals surface area contributed by atoms with Gasteiger partial charge >= 0.3 is 0 Å². The fourth-order valence-corrected chi connectivity index (χ4v) is 3.76. The van der Waals surface area contributed by atoms with Gasteiger partial charge in [0.15, 0.2) is 0 Å². The highest BCUT2D eigenvalue weighted by Crippen LogP contribution is 2.37. The van der Waals surface area contributed by atoms with E-state index >= 15 is 0 Å². The molecule has 0 aromatic heterocycles. The summed E-state index contributed by atoms with van der Waals surface area (Å²) < 4.78 is 5.25. The maximum absolute atomic E-state index is 13.0. The number of nitrogens with zero attached hydrogens (tertiary/aromatic N) is 1. The second-order valence-electron chi connectivity index (χ2n) is 7.11. The van der Waals surface area contributed by atoms with Crippen LogP contribution < -0.4 is 20.3 Å². The van der Waals surface area contributed by atoms with Crippen molar-refractivity contribution in [3.63, 3.8) is 0 Å². The molecule has 0 atom stereocenters.